The smallest absolute Gasteiger partial charge is 0.273 e. The zero-order valence-electron chi connectivity index (χ0n) is 15.6. The minimum atomic E-state index is -0.196. The van der Waals surface area contributed by atoms with E-state index in [0.29, 0.717) is 25.3 Å². The summed E-state index contributed by atoms with van der Waals surface area (Å²) in [6, 6.07) is 3.62. The Morgan fingerprint density at radius 1 is 1.44 bits per heavy atom. The van der Waals surface area contributed by atoms with Crippen molar-refractivity contribution in [3.63, 3.8) is 0 Å². The molecule has 3 heterocycles. The van der Waals surface area contributed by atoms with Gasteiger partial charge in [0.05, 0.1) is 18.7 Å². The zero-order valence-corrected chi connectivity index (χ0v) is 16.4. The normalized spacial score (nSPS) is 16.9. The molecule has 2 amide bonds. The number of furan rings is 1. The fourth-order valence-electron chi connectivity index (χ4n) is 3.09. The van der Waals surface area contributed by atoms with Gasteiger partial charge in [-0.05, 0) is 31.4 Å². The lowest BCUT2D eigenvalue weighted by molar-refractivity contribution is -0.126. The topological polar surface area (TPSA) is 87.5 Å². The van der Waals surface area contributed by atoms with Crippen molar-refractivity contribution in [2.24, 2.45) is 5.92 Å². The quantitative estimate of drug-likeness (QED) is 0.676. The molecule has 0 aromatic carbocycles. The van der Waals surface area contributed by atoms with Crippen LogP contribution in [0.2, 0.25) is 0 Å². The van der Waals surface area contributed by atoms with Gasteiger partial charge in [-0.25, -0.2) is 4.98 Å². The Bertz CT molecular complexity index is 744. The van der Waals surface area contributed by atoms with Crippen LogP contribution in [0.5, 0.6) is 0 Å². The highest BCUT2D eigenvalue weighted by Crippen LogP contribution is 2.21. The summed E-state index contributed by atoms with van der Waals surface area (Å²) in [6.45, 7) is 4.46. The molecule has 8 heteroatoms. The summed E-state index contributed by atoms with van der Waals surface area (Å²) in [5.41, 5.74) is 0.454. The zero-order chi connectivity index (χ0) is 19.1. The van der Waals surface area contributed by atoms with Gasteiger partial charge in [0.2, 0.25) is 5.91 Å². The molecular weight excluding hydrogens is 364 g/mol. The van der Waals surface area contributed by atoms with Gasteiger partial charge >= 0.3 is 0 Å². The van der Waals surface area contributed by atoms with Crippen molar-refractivity contribution < 1.29 is 14.0 Å². The molecule has 0 spiro atoms. The van der Waals surface area contributed by atoms with Crippen molar-refractivity contribution in [2.75, 3.05) is 25.0 Å². The Morgan fingerprint density at radius 2 is 2.33 bits per heavy atom. The van der Waals surface area contributed by atoms with Crippen molar-refractivity contribution in [2.45, 2.75) is 39.2 Å². The molecule has 0 radical (unpaired) electrons. The molecule has 7 nitrogen and oxygen atoms in total. The van der Waals surface area contributed by atoms with Gasteiger partial charge in [0.1, 0.15) is 11.5 Å². The first-order valence-corrected chi connectivity index (χ1v) is 10.3. The van der Waals surface area contributed by atoms with E-state index in [4.69, 9.17) is 4.42 Å². The molecule has 3 rings (SSSR count). The van der Waals surface area contributed by atoms with Gasteiger partial charge in [0.15, 0.2) is 5.13 Å². The van der Waals surface area contributed by atoms with E-state index in [-0.39, 0.29) is 17.7 Å². The third kappa shape index (κ3) is 5.32. The van der Waals surface area contributed by atoms with Gasteiger partial charge in [-0.2, -0.15) is 0 Å². The number of nitrogens with one attached hydrogen (secondary N) is 2. The number of anilines is 1. The Hall–Kier alpha value is -2.35. The highest BCUT2D eigenvalue weighted by Gasteiger charge is 2.29. The van der Waals surface area contributed by atoms with Crippen molar-refractivity contribution in [3.05, 3.63) is 35.2 Å². The van der Waals surface area contributed by atoms with Crippen LogP contribution in [-0.2, 0) is 11.3 Å². The average molecular weight is 391 g/mol. The largest absolute Gasteiger partial charge is 0.467 e. The molecule has 1 unspecified atom stereocenters. The summed E-state index contributed by atoms with van der Waals surface area (Å²) >= 11 is 1.45. The number of aromatic nitrogens is 1. The number of nitrogens with zero attached hydrogens (tertiary/aromatic N) is 2. The van der Waals surface area contributed by atoms with Crippen LogP contribution in [0.25, 0.3) is 0 Å². The Kier molecular flexibility index (Phi) is 6.86. The van der Waals surface area contributed by atoms with Crippen LogP contribution in [0.3, 0.4) is 0 Å². The second-order valence-electron chi connectivity index (χ2n) is 6.71. The second kappa shape index (κ2) is 9.55. The summed E-state index contributed by atoms with van der Waals surface area (Å²) in [5.74, 6) is 0.388. The van der Waals surface area contributed by atoms with E-state index in [9.17, 15) is 9.59 Å². The van der Waals surface area contributed by atoms with Crippen molar-refractivity contribution in [1.82, 2.24) is 15.2 Å². The van der Waals surface area contributed by atoms with Crippen LogP contribution in [-0.4, -0.2) is 41.3 Å². The van der Waals surface area contributed by atoms with E-state index in [1.165, 1.54) is 11.3 Å². The van der Waals surface area contributed by atoms with E-state index in [1.54, 1.807) is 22.6 Å². The van der Waals surface area contributed by atoms with Crippen LogP contribution in [0, 0.1) is 5.92 Å². The molecule has 1 fully saturated rings. The lowest BCUT2D eigenvalue weighted by atomic mass is 9.97. The minimum absolute atomic E-state index is 0.0379. The van der Waals surface area contributed by atoms with E-state index in [0.717, 1.165) is 43.1 Å². The molecule has 2 N–H and O–H groups in total. The molecule has 1 aliphatic heterocycles. The Morgan fingerprint density at radius 3 is 3.11 bits per heavy atom. The minimum Gasteiger partial charge on any atom is -0.467 e. The van der Waals surface area contributed by atoms with Crippen LogP contribution in [0.15, 0.2) is 28.2 Å². The highest BCUT2D eigenvalue weighted by atomic mass is 32.1. The van der Waals surface area contributed by atoms with E-state index in [1.807, 2.05) is 6.07 Å². The predicted octanol–water partition coefficient (Wildman–Crippen LogP) is 3.12. The van der Waals surface area contributed by atoms with Crippen molar-refractivity contribution in [1.29, 1.82) is 0 Å². The number of hydrogen-bond acceptors (Lipinski definition) is 6. The van der Waals surface area contributed by atoms with Crippen LogP contribution in [0.4, 0.5) is 5.13 Å². The van der Waals surface area contributed by atoms with Gasteiger partial charge < -0.3 is 20.0 Å². The highest BCUT2D eigenvalue weighted by molar-refractivity contribution is 7.13. The third-order valence-corrected chi connectivity index (χ3v) is 5.43. The van der Waals surface area contributed by atoms with Gasteiger partial charge in [0.25, 0.3) is 5.91 Å². The monoisotopic (exact) mass is 390 g/mol. The number of rotatable bonds is 8. The fourth-order valence-corrected chi connectivity index (χ4v) is 3.81. The van der Waals surface area contributed by atoms with Crippen LogP contribution >= 0.6 is 11.3 Å². The number of likely N-dealkylation sites (tertiary alicyclic amines) is 1. The molecule has 0 bridgehead atoms. The van der Waals surface area contributed by atoms with Crippen molar-refractivity contribution in [3.8, 4) is 0 Å². The van der Waals surface area contributed by atoms with Gasteiger partial charge in [-0.15, -0.1) is 11.3 Å². The van der Waals surface area contributed by atoms with E-state index < -0.39 is 0 Å². The number of hydrogen-bond donors (Lipinski definition) is 2. The first kappa shape index (κ1) is 19.4. The van der Waals surface area contributed by atoms with E-state index >= 15 is 0 Å². The summed E-state index contributed by atoms with van der Waals surface area (Å²) in [4.78, 5) is 31.3. The molecule has 2 aromatic heterocycles. The van der Waals surface area contributed by atoms with Crippen molar-refractivity contribution >= 4 is 28.3 Å². The number of unbranched alkanes of at least 4 members (excludes halogenated alkanes) is 1. The summed E-state index contributed by atoms with van der Waals surface area (Å²) in [5, 5.41) is 8.70. The fraction of sp³-hybridized carbons (Fsp3) is 0.526. The predicted molar refractivity (Wildman–Crippen MR) is 105 cm³/mol. The number of carbonyl (C=O) groups excluding carboxylic acids is 2. The van der Waals surface area contributed by atoms with Gasteiger partial charge in [0, 0.05) is 25.0 Å². The number of thiazole rings is 1. The number of amides is 2. The maximum atomic E-state index is 12.8. The van der Waals surface area contributed by atoms with Gasteiger partial charge in [-0.3, -0.25) is 9.59 Å². The van der Waals surface area contributed by atoms with Crippen LogP contribution in [0.1, 0.15) is 48.9 Å². The molecule has 1 atom stereocenters. The Balaban J connectivity index is 1.52. The number of piperidine rings is 1. The van der Waals surface area contributed by atoms with Crippen LogP contribution < -0.4 is 10.6 Å². The molecule has 27 heavy (non-hydrogen) atoms. The molecular formula is C19H26N4O3S. The lowest BCUT2D eigenvalue weighted by Gasteiger charge is -2.31. The van der Waals surface area contributed by atoms with Gasteiger partial charge in [-0.1, -0.05) is 13.3 Å². The standard InChI is InChI=1S/C19H26N4O3S/c1-2-3-8-20-19-22-16(13-27-19)18(25)23-9-4-6-14(12-23)17(24)21-11-15-7-5-10-26-15/h5,7,10,13-14H,2-4,6,8-9,11-12H2,1H3,(H,20,22)(H,21,24). The molecule has 2 aromatic rings. The Labute approximate surface area is 163 Å². The molecule has 146 valence electrons. The average Bonchev–Trinajstić information content (AvgIpc) is 3.38. The second-order valence-corrected chi connectivity index (χ2v) is 7.56. The molecule has 1 saturated heterocycles. The maximum Gasteiger partial charge on any atom is 0.273 e. The third-order valence-electron chi connectivity index (χ3n) is 4.63. The van der Waals surface area contributed by atoms with E-state index in [2.05, 4.69) is 22.5 Å². The summed E-state index contributed by atoms with van der Waals surface area (Å²) in [6.07, 6.45) is 5.37. The maximum absolute atomic E-state index is 12.8. The summed E-state index contributed by atoms with van der Waals surface area (Å²) < 4.78 is 5.23. The molecule has 1 aliphatic rings. The first-order valence-electron chi connectivity index (χ1n) is 9.46. The molecule has 0 saturated carbocycles. The lowest BCUT2D eigenvalue weighted by Crippen LogP contribution is -2.45. The molecule has 0 aliphatic carbocycles. The SMILES string of the molecule is CCCCNc1nc(C(=O)N2CCCC(C(=O)NCc3ccco3)C2)cs1. The first-order chi connectivity index (χ1) is 13.2. The number of carbonyl (C=O) groups is 2. The summed E-state index contributed by atoms with van der Waals surface area (Å²) in [7, 11) is 0.